The highest BCUT2D eigenvalue weighted by molar-refractivity contribution is 5.91. The molecule has 3 rings (SSSR count). The number of urea groups is 1. The zero-order valence-electron chi connectivity index (χ0n) is 15.6. The zero-order chi connectivity index (χ0) is 19.1. The zero-order valence-corrected chi connectivity index (χ0v) is 15.6. The fourth-order valence-electron chi connectivity index (χ4n) is 3.27. The van der Waals surface area contributed by atoms with Crippen LogP contribution in [0.4, 0.5) is 16.2 Å². The minimum atomic E-state index is -0.191. The van der Waals surface area contributed by atoms with Crippen LogP contribution in [-0.4, -0.2) is 36.0 Å². The first-order valence-corrected chi connectivity index (χ1v) is 9.30. The van der Waals surface area contributed by atoms with Crippen LogP contribution in [0.1, 0.15) is 25.3 Å². The predicted molar refractivity (Wildman–Crippen MR) is 108 cm³/mol. The van der Waals surface area contributed by atoms with Gasteiger partial charge in [-0.2, -0.15) is 0 Å². The summed E-state index contributed by atoms with van der Waals surface area (Å²) in [6.45, 7) is 4.38. The van der Waals surface area contributed by atoms with Crippen LogP contribution in [0.5, 0.6) is 0 Å². The molecule has 0 aromatic heterocycles. The van der Waals surface area contributed by atoms with Crippen LogP contribution in [0, 0.1) is 0 Å². The van der Waals surface area contributed by atoms with Gasteiger partial charge in [0.2, 0.25) is 5.91 Å². The minimum absolute atomic E-state index is 0.118. The largest absolute Gasteiger partial charge is 0.335 e. The van der Waals surface area contributed by atoms with Gasteiger partial charge in [0, 0.05) is 44.0 Å². The van der Waals surface area contributed by atoms with Crippen molar-refractivity contribution in [1.82, 2.24) is 10.2 Å². The minimum Gasteiger partial charge on any atom is -0.335 e. The first kappa shape index (κ1) is 18.9. The van der Waals surface area contributed by atoms with E-state index in [2.05, 4.69) is 45.1 Å². The number of amides is 3. The lowest BCUT2D eigenvalue weighted by atomic mass is 10.0. The van der Waals surface area contributed by atoms with Crippen LogP contribution < -0.4 is 16.0 Å². The third-order valence-corrected chi connectivity index (χ3v) is 4.63. The van der Waals surface area contributed by atoms with Gasteiger partial charge < -0.3 is 16.0 Å². The van der Waals surface area contributed by atoms with Crippen molar-refractivity contribution in [3.8, 4) is 0 Å². The van der Waals surface area contributed by atoms with Gasteiger partial charge in [0.1, 0.15) is 0 Å². The number of carbonyl (C=O) groups is 2. The summed E-state index contributed by atoms with van der Waals surface area (Å²) >= 11 is 0. The molecular weight excluding hydrogens is 340 g/mol. The van der Waals surface area contributed by atoms with Gasteiger partial charge in [0.15, 0.2) is 0 Å². The van der Waals surface area contributed by atoms with Crippen LogP contribution in [0.2, 0.25) is 0 Å². The molecule has 2 aromatic rings. The monoisotopic (exact) mass is 366 g/mol. The van der Waals surface area contributed by atoms with Crippen LogP contribution >= 0.6 is 0 Å². The molecule has 1 fully saturated rings. The molecule has 6 nitrogen and oxygen atoms in total. The summed E-state index contributed by atoms with van der Waals surface area (Å²) in [5.41, 5.74) is 2.73. The van der Waals surface area contributed by atoms with E-state index < -0.39 is 0 Å². The normalized spacial score (nSPS) is 15.1. The summed E-state index contributed by atoms with van der Waals surface area (Å²) in [5, 5.41) is 8.60. The standard InChI is InChI=1S/C21H26N4O2/c1-16(26)22-18-7-9-19(10-8-18)23-21(27)24-20-11-13-25(14-12-20)15-17-5-3-2-4-6-17/h2-10,20H,11-15H2,1H3,(H,22,26)(H2,23,24,27). The van der Waals surface area contributed by atoms with Gasteiger partial charge in [-0.15, -0.1) is 0 Å². The number of hydrogen-bond acceptors (Lipinski definition) is 3. The summed E-state index contributed by atoms with van der Waals surface area (Å²) in [5.74, 6) is -0.118. The second-order valence-corrected chi connectivity index (χ2v) is 6.89. The summed E-state index contributed by atoms with van der Waals surface area (Å²) < 4.78 is 0. The quantitative estimate of drug-likeness (QED) is 0.759. The van der Waals surface area contributed by atoms with Gasteiger partial charge in [-0.25, -0.2) is 4.79 Å². The van der Waals surface area contributed by atoms with E-state index >= 15 is 0 Å². The molecule has 0 atom stereocenters. The predicted octanol–water partition coefficient (Wildman–Crippen LogP) is 3.43. The second kappa shape index (κ2) is 9.19. The molecule has 0 spiro atoms. The lowest BCUT2D eigenvalue weighted by molar-refractivity contribution is -0.114. The molecule has 1 aliphatic rings. The van der Waals surface area contributed by atoms with Crippen molar-refractivity contribution in [3.05, 3.63) is 60.2 Å². The van der Waals surface area contributed by atoms with Crippen molar-refractivity contribution in [2.75, 3.05) is 23.7 Å². The van der Waals surface area contributed by atoms with Gasteiger partial charge >= 0.3 is 6.03 Å². The van der Waals surface area contributed by atoms with Crippen molar-refractivity contribution in [2.45, 2.75) is 32.4 Å². The third kappa shape index (κ3) is 6.11. The van der Waals surface area contributed by atoms with Crippen molar-refractivity contribution in [1.29, 1.82) is 0 Å². The fraction of sp³-hybridized carbons (Fsp3) is 0.333. The van der Waals surface area contributed by atoms with Gasteiger partial charge in [-0.05, 0) is 42.7 Å². The van der Waals surface area contributed by atoms with Gasteiger partial charge in [-0.1, -0.05) is 30.3 Å². The molecule has 6 heteroatoms. The van der Waals surface area contributed by atoms with Gasteiger partial charge in [0.25, 0.3) is 0 Å². The molecule has 3 amide bonds. The molecule has 142 valence electrons. The van der Waals surface area contributed by atoms with E-state index in [1.54, 1.807) is 24.3 Å². The summed E-state index contributed by atoms with van der Waals surface area (Å²) in [4.78, 5) is 25.7. The van der Waals surface area contributed by atoms with E-state index in [0.717, 1.165) is 32.5 Å². The highest BCUT2D eigenvalue weighted by Gasteiger charge is 2.20. The van der Waals surface area contributed by atoms with Crippen LogP contribution in [0.15, 0.2) is 54.6 Å². The molecule has 0 aliphatic carbocycles. The van der Waals surface area contributed by atoms with Crippen molar-refractivity contribution in [2.24, 2.45) is 0 Å². The first-order valence-electron chi connectivity index (χ1n) is 9.30. The molecule has 1 heterocycles. The Kier molecular flexibility index (Phi) is 6.44. The summed E-state index contributed by atoms with van der Waals surface area (Å²) in [7, 11) is 0. The maximum Gasteiger partial charge on any atom is 0.319 e. The van der Waals surface area contributed by atoms with Crippen molar-refractivity contribution < 1.29 is 9.59 Å². The molecule has 2 aromatic carbocycles. The maximum atomic E-state index is 12.2. The number of nitrogens with zero attached hydrogens (tertiary/aromatic N) is 1. The number of carbonyl (C=O) groups excluding carboxylic acids is 2. The maximum absolute atomic E-state index is 12.2. The molecule has 1 aliphatic heterocycles. The van der Waals surface area contributed by atoms with Gasteiger partial charge in [-0.3, -0.25) is 9.69 Å². The van der Waals surface area contributed by atoms with Crippen molar-refractivity contribution in [3.63, 3.8) is 0 Å². The Morgan fingerprint density at radius 3 is 2.11 bits per heavy atom. The fourth-order valence-corrected chi connectivity index (χ4v) is 3.27. The molecule has 0 saturated carbocycles. The van der Waals surface area contributed by atoms with Crippen LogP contribution in [0.25, 0.3) is 0 Å². The molecule has 3 N–H and O–H groups in total. The second-order valence-electron chi connectivity index (χ2n) is 6.89. The summed E-state index contributed by atoms with van der Waals surface area (Å²) in [6, 6.07) is 17.5. The molecule has 27 heavy (non-hydrogen) atoms. The van der Waals surface area contributed by atoms with E-state index in [1.165, 1.54) is 12.5 Å². The number of anilines is 2. The van der Waals surface area contributed by atoms with E-state index in [1.807, 2.05) is 6.07 Å². The first-order chi connectivity index (χ1) is 13.1. The molecule has 0 radical (unpaired) electrons. The number of piperidine rings is 1. The Balaban J connectivity index is 1.41. The Bertz CT molecular complexity index is 754. The average Bonchev–Trinajstić information content (AvgIpc) is 2.65. The Labute approximate surface area is 159 Å². The number of hydrogen-bond donors (Lipinski definition) is 3. The Hall–Kier alpha value is -2.86. The van der Waals surface area contributed by atoms with E-state index in [4.69, 9.17) is 0 Å². The highest BCUT2D eigenvalue weighted by Crippen LogP contribution is 2.15. The van der Waals surface area contributed by atoms with E-state index in [-0.39, 0.29) is 18.0 Å². The molecule has 0 unspecified atom stereocenters. The van der Waals surface area contributed by atoms with E-state index in [9.17, 15) is 9.59 Å². The highest BCUT2D eigenvalue weighted by atomic mass is 16.2. The average molecular weight is 366 g/mol. The number of likely N-dealkylation sites (tertiary alicyclic amines) is 1. The smallest absolute Gasteiger partial charge is 0.319 e. The molecular formula is C21H26N4O2. The number of rotatable bonds is 5. The third-order valence-electron chi connectivity index (χ3n) is 4.63. The van der Waals surface area contributed by atoms with Crippen molar-refractivity contribution >= 4 is 23.3 Å². The lowest BCUT2D eigenvalue weighted by Crippen LogP contribution is -2.45. The van der Waals surface area contributed by atoms with Gasteiger partial charge in [0.05, 0.1) is 0 Å². The number of benzene rings is 2. The Morgan fingerprint density at radius 2 is 1.52 bits per heavy atom. The Morgan fingerprint density at radius 1 is 0.926 bits per heavy atom. The van der Waals surface area contributed by atoms with Crippen LogP contribution in [-0.2, 0) is 11.3 Å². The topological polar surface area (TPSA) is 73.5 Å². The lowest BCUT2D eigenvalue weighted by Gasteiger charge is -2.32. The number of nitrogens with one attached hydrogen (secondary N) is 3. The SMILES string of the molecule is CC(=O)Nc1ccc(NC(=O)NC2CCN(Cc3ccccc3)CC2)cc1. The molecule has 1 saturated heterocycles. The van der Waals surface area contributed by atoms with E-state index in [0.29, 0.717) is 11.4 Å². The summed E-state index contributed by atoms with van der Waals surface area (Å²) in [6.07, 6.45) is 1.89. The molecule has 0 bridgehead atoms. The van der Waals surface area contributed by atoms with Crippen LogP contribution in [0.3, 0.4) is 0 Å².